The van der Waals surface area contributed by atoms with Crippen LogP contribution in [0.2, 0.25) is 0 Å². The fourth-order valence-electron chi connectivity index (χ4n) is 1.61. The fourth-order valence-corrected chi connectivity index (χ4v) is 1.61. The van der Waals surface area contributed by atoms with Gasteiger partial charge in [0.1, 0.15) is 0 Å². The van der Waals surface area contributed by atoms with Crippen molar-refractivity contribution in [2.24, 2.45) is 0 Å². The quantitative estimate of drug-likeness (QED) is 0.729. The largest absolute Gasteiger partial charge is 0.374 e. The molecule has 0 atom stereocenters. The zero-order valence-electron chi connectivity index (χ0n) is 9.04. The lowest BCUT2D eigenvalue weighted by Crippen LogP contribution is -2.18. The molecule has 0 spiro atoms. The molecule has 0 aliphatic rings. The minimum absolute atomic E-state index is 0.733. The molecule has 0 N–H and O–H groups in total. The van der Waals surface area contributed by atoms with Gasteiger partial charge < -0.3 is 4.90 Å². The second-order valence-electron chi connectivity index (χ2n) is 3.53. The van der Waals surface area contributed by atoms with E-state index in [1.165, 1.54) is 11.3 Å². The summed E-state index contributed by atoms with van der Waals surface area (Å²) in [5.74, 6) is 0. The first kappa shape index (κ1) is 10.6. The molecule has 0 amide bonds. The minimum atomic E-state index is 0.733. The van der Waals surface area contributed by atoms with Gasteiger partial charge >= 0.3 is 0 Å². The van der Waals surface area contributed by atoms with Gasteiger partial charge in [-0.25, -0.2) is 0 Å². The van der Waals surface area contributed by atoms with Crippen LogP contribution in [0.15, 0.2) is 18.2 Å². The number of hydrogen-bond acceptors (Lipinski definition) is 2. The molecule has 1 rings (SSSR count). The van der Waals surface area contributed by atoms with Crippen LogP contribution in [0.1, 0.15) is 24.5 Å². The fraction of sp³-hybridized carbons (Fsp3) is 0.417. The van der Waals surface area contributed by atoms with Gasteiger partial charge in [0.2, 0.25) is 0 Å². The average molecular weight is 188 g/mol. The Morgan fingerprint density at radius 3 is 2.64 bits per heavy atom. The Morgan fingerprint density at radius 1 is 1.43 bits per heavy atom. The van der Waals surface area contributed by atoms with Crippen LogP contribution < -0.4 is 4.90 Å². The van der Waals surface area contributed by atoms with E-state index < -0.39 is 0 Å². The first-order valence-corrected chi connectivity index (χ1v) is 4.91. The molecule has 1 aromatic carbocycles. The van der Waals surface area contributed by atoms with Gasteiger partial charge in [-0.3, -0.25) is 0 Å². The molecular formula is C12H16N2. The van der Waals surface area contributed by atoms with Crippen LogP contribution in [0.5, 0.6) is 0 Å². The Hall–Kier alpha value is -1.49. The van der Waals surface area contributed by atoms with E-state index in [1.54, 1.807) is 0 Å². The molecule has 0 bridgehead atoms. The monoisotopic (exact) mass is 188 g/mol. The zero-order chi connectivity index (χ0) is 10.6. The Balaban J connectivity index is 2.95. The number of anilines is 1. The molecule has 0 heterocycles. The van der Waals surface area contributed by atoms with Crippen molar-refractivity contribution in [3.8, 4) is 6.07 Å². The van der Waals surface area contributed by atoms with Gasteiger partial charge in [-0.2, -0.15) is 5.26 Å². The zero-order valence-corrected chi connectivity index (χ0v) is 9.04. The van der Waals surface area contributed by atoms with Crippen LogP contribution in [0.25, 0.3) is 0 Å². The van der Waals surface area contributed by atoms with Crippen molar-refractivity contribution in [1.82, 2.24) is 0 Å². The lowest BCUT2D eigenvalue weighted by molar-refractivity contribution is 0.849. The van der Waals surface area contributed by atoms with Gasteiger partial charge in [0, 0.05) is 19.3 Å². The van der Waals surface area contributed by atoms with Crippen LogP contribution >= 0.6 is 0 Å². The summed E-state index contributed by atoms with van der Waals surface area (Å²) in [7, 11) is 2.08. The molecular weight excluding hydrogens is 172 g/mol. The van der Waals surface area contributed by atoms with E-state index in [0.717, 1.165) is 18.5 Å². The maximum Gasteiger partial charge on any atom is 0.0991 e. The molecule has 0 unspecified atom stereocenters. The molecule has 14 heavy (non-hydrogen) atoms. The van der Waals surface area contributed by atoms with Gasteiger partial charge in [-0.15, -0.1) is 0 Å². The van der Waals surface area contributed by atoms with Crippen LogP contribution in [-0.2, 0) is 0 Å². The summed E-state index contributed by atoms with van der Waals surface area (Å²) in [6.07, 6.45) is 1.13. The van der Waals surface area contributed by atoms with E-state index >= 15 is 0 Å². The summed E-state index contributed by atoms with van der Waals surface area (Å²) >= 11 is 0. The number of aryl methyl sites for hydroxylation is 1. The van der Waals surface area contributed by atoms with Gasteiger partial charge in [-0.1, -0.05) is 6.92 Å². The molecule has 2 nitrogen and oxygen atoms in total. The molecule has 0 radical (unpaired) electrons. The standard InChI is InChI=1S/C12H16N2/c1-4-7-14(3)12-6-5-11(9-13)8-10(12)2/h5-6,8H,4,7H2,1-3H3. The number of nitrogens with zero attached hydrogens (tertiary/aromatic N) is 2. The van der Waals surface area contributed by atoms with Crippen molar-refractivity contribution < 1.29 is 0 Å². The average Bonchev–Trinajstić information content (AvgIpc) is 2.17. The highest BCUT2D eigenvalue weighted by atomic mass is 15.1. The van der Waals surface area contributed by atoms with Crippen molar-refractivity contribution >= 4 is 5.69 Å². The third-order valence-corrected chi connectivity index (χ3v) is 2.30. The van der Waals surface area contributed by atoms with E-state index in [9.17, 15) is 0 Å². The van der Waals surface area contributed by atoms with E-state index in [0.29, 0.717) is 0 Å². The first-order chi connectivity index (χ1) is 6.69. The smallest absolute Gasteiger partial charge is 0.0991 e. The Kier molecular flexibility index (Phi) is 3.53. The van der Waals surface area contributed by atoms with Crippen LogP contribution in [0.4, 0.5) is 5.69 Å². The van der Waals surface area contributed by atoms with E-state index in [2.05, 4.69) is 24.9 Å². The molecule has 1 aromatic rings. The molecule has 0 saturated carbocycles. The van der Waals surface area contributed by atoms with Gasteiger partial charge in [0.25, 0.3) is 0 Å². The summed E-state index contributed by atoms with van der Waals surface area (Å²) in [4.78, 5) is 2.22. The predicted octanol–water partition coefficient (Wildman–Crippen LogP) is 2.71. The van der Waals surface area contributed by atoms with E-state index in [-0.39, 0.29) is 0 Å². The van der Waals surface area contributed by atoms with E-state index in [4.69, 9.17) is 5.26 Å². The highest BCUT2D eigenvalue weighted by Gasteiger charge is 2.03. The molecule has 0 saturated heterocycles. The van der Waals surface area contributed by atoms with Gasteiger partial charge in [0.15, 0.2) is 0 Å². The molecule has 0 aliphatic heterocycles. The van der Waals surface area contributed by atoms with Crippen LogP contribution in [0.3, 0.4) is 0 Å². The molecule has 0 fully saturated rings. The number of nitriles is 1. The lowest BCUT2D eigenvalue weighted by Gasteiger charge is -2.20. The first-order valence-electron chi connectivity index (χ1n) is 4.91. The Labute approximate surface area is 85.8 Å². The third kappa shape index (κ3) is 2.26. The summed E-state index contributed by atoms with van der Waals surface area (Å²) < 4.78 is 0. The van der Waals surface area contributed by atoms with Crippen LogP contribution in [0, 0.1) is 18.3 Å². The summed E-state index contributed by atoms with van der Waals surface area (Å²) in [5, 5.41) is 8.73. The van der Waals surface area contributed by atoms with Crippen molar-refractivity contribution in [3.05, 3.63) is 29.3 Å². The second kappa shape index (κ2) is 4.66. The summed E-state index contributed by atoms with van der Waals surface area (Å²) in [6, 6.07) is 7.97. The maximum absolute atomic E-state index is 8.73. The highest BCUT2D eigenvalue weighted by molar-refractivity contribution is 5.55. The van der Waals surface area contributed by atoms with Crippen LogP contribution in [-0.4, -0.2) is 13.6 Å². The number of rotatable bonds is 3. The van der Waals surface area contributed by atoms with Gasteiger partial charge in [-0.05, 0) is 37.1 Å². The Morgan fingerprint density at radius 2 is 2.14 bits per heavy atom. The number of hydrogen-bond donors (Lipinski definition) is 0. The topological polar surface area (TPSA) is 27.0 Å². The Bertz CT molecular complexity index is 350. The van der Waals surface area contributed by atoms with Gasteiger partial charge in [0.05, 0.1) is 11.6 Å². The minimum Gasteiger partial charge on any atom is -0.374 e. The lowest BCUT2D eigenvalue weighted by atomic mass is 10.1. The predicted molar refractivity (Wildman–Crippen MR) is 59.5 cm³/mol. The third-order valence-electron chi connectivity index (χ3n) is 2.30. The van der Waals surface area contributed by atoms with Crippen molar-refractivity contribution in [1.29, 1.82) is 5.26 Å². The summed E-state index contributed by atoms with van der Waals surface area (Å²) in [5.41, 5.74) is 3.11. The number of benzene rings is 1. The highest BCUT2D eigenvalue weighted by Crippen LogP contribution is 2.19. The SMILES string of the molecule is CCCN(C)c1ccc(C#N)cc1C. The molecule has 0 aliphatic carbocycles. The van der Waals surface area contributed by atoms with Crippen molar-refractivity contribution in [2.45, 2.75) is 20.3 Å². The molecule has 74 valence electrons. The van der Waals surface area contributed by atoms with Crippen molar-refractivity contribution in [3.63, 3.8) is 0 Å². The van der Waals surface area contributed by atoms with E-state index in [1.807, 2.05) is 25.1 Å². The normalized spacial score (nSPS) is 9.57. The molecule has 0 aromatic heterocycles. The second-order valence-corrected chi connectivity index (χ2v) is 3.53. The summed E-state index contributed by atoms with van der Waals surface area (Å²) in [6.45, 7) is 5.25. The van der Waals surface area contributed by atoms with Crippen molar-refractivity contribution in [2.75, 3.05) is 18.5 Å². The maximum atomic E-state index is 8.73. The molecule has 2 heteroatoms.